The molecule has 2 aromatic rings. The van der Waals surface area contributed by atoms with Gasteiger partial charge in [0.05, 0.1) is 6.04 Å². The predicted octanol–water partition coefficient (Wildman–Crippen LogP) is 2.99. The third-order valence-electron chi connectivity index (χ3n) is 3.76. The summed E-state index contributed by atoms with van der Waals surface area (Å²) in [6.45, 7) is 3.44. The predicted molar refractivity (Wildman–Crippen MR) is 98.4 cm³/mol. The van der Waals surface area contributed by atoms with Gasteiger partial charge in [0.1, 0.15) is 5.75 Å². The Balaban J connectivity index is 2.03. The number of rotatable bonds is 7. The highest BCUT2D eigenvalue weighted by atomic mass is 35.5. The normalized spacial score (nSPS) is 11.7. The maximum atomic E-state index is 12.2. The Morgan fingerprint density at radius 1 is 1.12 bits per heavy atom. The number of hydrogen-bond acceptors (Lipinski definition) is 4. The summed E-state index contributed by atoms with van der Waals surface area (Å²) >= 11 is 11.9. The lowest BCUT2D eigenvalue weighted by atomic mass is 10.0. The van der Waals surface area contributed by atoms with Gasteiger partial charge in [0.15, 0.2) is 6.61 Å². The van der Waals surface area contributed by atoms with Crippen LogP contribution in [0.25, 0.3) is 0 Å². The maximum Gasteiger partial charge on any atom is 0.258 e. The molecule has 0 heterocycles. The first-order valence-electron chi connectivity index (χ1n) is 7.90. The number of carbonyl (C=O) groups is 2. The van der Waals surface area contributed by atoms with Crippen LogP contribution in [0.15, 0.2) is 36.4 Å². The summed E-state index contributed by atoms with van der Waals surface area (Å²) in [5.74, 6) is -1.20. The Labute approximate surface area is 161 Å². The highest BCUT2D eigenvalue weighted by Gasteiger charge is 2.16. The summed E-state index contributed by atoms with van der Waals surface area (Å²) in [4.78, 5) is 23.2. The summed E-state index contributed by atoms with van der Waals surface area (Å²) in [6, 6.07) is 9.30. The van der Waals surface area contributed by atoms with Crippen LogP contribution in [-0.4, -0.2) is 18.5 Å². The van der Waals surface area contributed by atoms with Gasteiger partial charge >= 0.3 is 0 Å². The highest BCUT2D eigenvalue weighted by Crippen LogP contribution is 2.26. The molecule has 5 nitrogen and oxygen atoms in total. The minimum atomic E-state index is -1.27. The van der Waals surface area contributed by atoms with Gasteiger partial charge in [-0.25, -0.2) is 0 Å². The quantitative estimate of drug-likeness (QED) is 0.782. The molecule has 0 spiro atoms. The Kier molecular flexibility index (Phi) is 6.89. The van der Waals surface area contributed by atoms with Crippen molar-refractivity contribution in [1.29, 1.82) is 0 Å². The van der Waals surface area contributed by atoms with Crippen molar-refractivity contribution >= 4 is 35.1 Å². The van der Waals surface area contributed by atoms with Gasteiger partial charge in [-0.15, -0.1) is 0 Å². The van der Waals surface area contributed by atoms with Crippen LogP contribution >= 0.6 is 23.2 Å². The number of carbonyl (C=O) groups excluding carboxylic acids is 2. The molecule has 0 bridgehead atoms. The van der Waals surface area contributed by atoms with Crippen LogP contribution in [0.3, 0.4) is 0 Å². The first kappa shape index (κ1) is 20.1. The lowest BCUT2D eigenvalue weighted by molar-refractivity contribution is -0.306. The second-order valence-electron chi connectivity index (χ2n) is 5.91. The van der Waals surface area contributed by atoms with Crippen molar-refractivity contribution in [3.8, 4) is 5.75 Å². The third kappa shape index (κ3) is 5.64. The van der Waals surface area contributed by atoms with Crippen molar-refractivity contribution in [3.05, 3.63) is 63.1 Å². The number of nitrogens with one attached hydrogen (secondary N) is 1. The summed E-state index contributed by atoms with van der Waals surface area (Å²) < 4.78 is 5.49. The van der Waals surface area contributed by atoms with Gasteiger partial charge in [0.25, 0.3) is 5.91 Å². The molecule has 0 fully saturated rings. The molecule has 1 atom stereocenters. The minimum Gasteiger partial charge on any atom is -0.550 e. The van der Waals surface area contributed by atoms with E-state index >= 15 is 0 Å². The van der Waals surface area contributed by atoms with Crippen LogP contribution in [0.5, 0.6) is 5.75 Å². The number of halogens is 2. The summed E-state index contributed by atoms with van der Waals surface area (Å²) in [5, 5.41) is 14.8. The average molecular weight is 395 g/mol. The van der Waals surface area contributed by atoms with Crippen LogP contribution in [0.1, 0.15) is 29.2 Å². The van der Waals surface area contributed by atoms with E-state index in [4.69, 9.17) is 27.9 Å². The molecule has 138 valence electrons. The van der Waals surface area contributed by atoms with Crippen LogP contribution in [-0.2, 0) is 9.59 Å². The molecular formula is C19H18Cl2NO4-. The van der Waals surface area contributed by atoms with Gasteiger partial charge in [-0.05, 0) is 54.8 Å². The smallest absolute Gasteiger partial charge is 0.258 e. The number of aliphatic carboxylic acids is 1. The Morgan fingerprint density at radius 3 is 2.23 bits per heavy atom. The summed E-state index contributed by atoms with van der Waals surface area (Å²) in [6.07, 6.45) is -0.355. The number of benzene rings is 2. The molecular weight excluding hydrogens is 377 g/mol. The molecule has 26 heavy (non-hydrogen) atoms. The molecule has 0 aromatic heterocycles. The first-order chi connectivity index (χ1) is 12.3. The maximum absolute atomic E-state index is 12.2. The number of ether oxygens (including phenoxy) is 1. The lowest BCUT2D eigenvalue weighted by Crippen LogP contribution is -2.36. The number of amides is 1. The number of carboxylic acids is 1. The molecule has 0 saturated heterocycles. The average Bonchev–Trinajstić information content (AvgIpc) is 2.57. The molecule has 2 aromatic carbocycles. The van der Waals surface area contributed by atoms with Gasteiger partial charge in [0.2, 0.25) is 0 Å². The standard InChI is InChI=1S/C19H19Cl2NO4/c1-11-7-15(8-12(2)19(11)21)26-10-17(23)22-16(9-18(24)25)13-3-5-14(20)6-4-13/h3-8,16H,9-10H2,1-2H3,(H,22,23)(H,24,25)/p-1. The molecule has 2 rings (SSSR count). The molecule has 7 heteroatoms. The number of carboxylic acid groups (broad SMARTS) is 1. The van der Waals surface area contributed by atoms with Crippen molar-refractivity contribution in [2.45, 2.75) is 26.3 Å². The molecule has 0 saturated carbocycles. The van der Waals surface area contributed by atoms with E-state index in [1.165, 1.54) is 0 Å². The van der Waals surface area contributed by atoms with Gasteiger partial charge in [-0.3, -0.25) is 4.79 Å². The summed E-state index contributed by atoms with van der Waals surface area (Å²) in [7, 11) is 0. The monoisotopic (exact) mass is 394 g/mol. The fourth-order valence-corrected chi connectivity index (χ4v) is 2.72. The topological polar surface area (TPSA) is 78.5 Å². The van der Waals surface area contributed by atoms with E-state index in [-0.39, 0.29) is 13.0 Å². The van der Waals surface area contributed by atoms with Crippen molar-refractivity contribution < 1.29 is 19.4 Å². The van der Waals surface area contributed by atoms with Gasteiger partial charge < -0.3 is 20.0 Å². The fraction of sp³-hybridized carbons (Fsp3) is 0.263. The zero-order valence-corrected chi connectivity index (χ0v) is 15.9. The van der Waals surface area contributed by atoms with Crippen molar-refractivity contribution in [2.75, 3.05) is 6.61 Å². The van der Waals surface area contributed by atoms with Crippen molar-refractivity contribution in [1.82, 2.24) is 5.32 Å². The van der Waals surface area contributed by atoms with Crippen molar-refractivity contribution in [3.63, 3.8) is 0 Å². The first-order valence-corrected chi connectivity index (χ1v) is 8.66. The Bertz CT molecular complexity index is 783. The number of hydrogen-bond donors (Lipinski definition) is 1. The van der Waals surface area contributed by atoms with E-state index in [9.17, 15) is 14.7 Å². The van der Waals surface area contributed by atoms with Crippen LogP contribution in [0.4, 0.5) is 0 Å². The highest BCUT2D eigenvalue weighted by molar-refractivity contribution is 6.32. The second-order valence-corrected chi connectivity index (χ2v) is 6.72. The minimum absolute atomic E-state index is 0.252. The summed E-state index contributed by atoms with van der Waals surface area (Å²) in [5.41, 5.74) is 2.31. The molecule has 1 N–H and O–H groups in total. The van der Waals surface area contributed by atoms with Gasteiger partial charge in [-0.2, -0.15) is 0 Å². The molecule has 0 aliphatic carbocycles. The fourth-order valence-electron chi connectivity index (χ4n) is 2.49. The molecule has 0 radical (unpaired) electrons. The number of aryl methyl sites for hydroxylation is 2. The SMILES string of the molecule is Cc1cc(OCC(=O)NC(CC(=O)[O-])c2ccc(Cl)cc2)cc(C)c1Cl. The van der Waals surface area contributed by atoms with Gasteiger partial charge in [-0.1, -0.05) is 35.3 Å². The lowest BCUT2D eigenvalue weighted by Gasteiger charge is -2.20. The van der Waals surface area contributed by atoms with E-state index in [1.807, 2.05) is 13.8 Å². The van der Waals surface area contributed by atoms with E-state index in [0.29, 0.717) is 21.4 Å². The van der Waals surface area contributed by atoms with E-state index in [0.717, 1.165) is 11.1 Å². The molecule has 0 aliphatic rings. The Morgan fingerprint density at radius 2 is 1.69 bits per heavy atom. The zero-order chi connectivity index (χ0) is 19.3. The third-order valence-corrected chi connectivity index (χ3v) is 4.61. The molecule has 1 unspecified atom stereocenters. The van der Waals surface area contributed by atoms with E-state index < -0.39 is 17.9 Å². The molecule has 1 amide bonds. The zero-order valence-electron chi connectivity index (χ0n) is 14.3. The van der Waals surface area contributed by atoms with Gasteiger partial charge in [0, 0.05) is 22.4 Å². The van der Waals surface area contributed by atoms with Crippen LogP contribution < -0.4 is 15.2 Å². The van der Waals surface area contributed by atoms with E-state index in [1.54, 1.807) is 36.4 Å². The largest absolute Gasteiger partial charge is 0.550 e. The van der Waals surface area contributed by atoms with Crippen LogP contribution in [0.2, 0.25) is 10.0 Å². The second kappa shape index (κ2) is 8.92. The van der Waals surface area contributed by atoms with Crippen molar-refractivity contribution in [2.24, 2.45) is 0 Å². The Hall–Kier alpha value is -2.24. The van der Waals surface area contributed by atoms with Crippen LogP contribution in [0, 0.1) is 13.8 Å². The molecule has 0 aliphatic heterocycles. The van der Waals surface area contributed by atoms with E-state index in [2.05, 4.69) is 5.32 Å².